The Kier molecular flexibility index (Phi) is 4.75. The summed E-state index contributed by atoms with van der Waals surface area (Å²) < 4.78 is 1.64. The van der Waals surface area contributed by atoms with Gasteiger partial charge in [0.05, 0.1) is 23.7 Å². The van der Waals surface area contributed by atoms with Crippen molar-refractivity contribution < 1.29 is 4.79 Å². The number of aryl methyl sites for hydroxylation is 1. The molecular formula is C22H23N3O2. The molecule has 138 valence electrons. The predicted molar refractivity (Wildman–Crippen MR) is 106 cm³/mol. The van der Waals surface area contributed by atoms with Crippen molar-refractivity contribution in [2.75, 3.05) is 0 Å². The van der Waals surface area contributed by atoms with Crippen LogP contribution in [-0.4, -0.2) is 15.7 Å². The second-order valence-corrected chi connectivity index (χ2v) is 7.23. The lowest BCUT2D eigenvalue weighted by atomic mass is 10.1. The van der Waals surface area contributed by atoms with Crippen molar-refractivity contribution in [1.29, 1.82) is 0 Å². The van der Waals surface area contributed by atoms with E-state index in [1.54, 1.807) is 4.68 Å². The zero-order valence-electron chi connectivity index (χ0n) is 15.4. The van der Waals surface area contributed by atoms with Gasteiger partial charge in [0.1, 0.15) is 0 Å². The van der Waals surface area contributed by atoms with Crippen LogP contribution in [0.2, 0.25) is 0 Å². The van der Waals surface area contributed by atoms with Crippen molar-refractivity contribution in [3.05, 3.63) is 75.7 Å². The lowest BCUT2D eigenvalue weighted by Crippen LogP contribution is -2.30. The molecule has 1 saturated carbocycles. The number of aromatic nitrogens is 2. The molecule has 0 saturated heterocycles. The van der Waals surface area contributed by atoms with Crippen molar-refractivity contribution in [3.63, 3.8) is 0 Å². The highest BCUT2D eigenvalue weighted by atomic mass is 16.1. The van der Waals surface area contributed by atoms with Gasteiger partial charge in [0.2, 0.25) is 0 Å². The molecule has 1 aromatic heterocycles. The molecule has 1 heterocycles. The summed E-state index contributed by atoms with van der Waals surface area (Å²) >= 11 is 0. The Morgan fingerprint density at radius 1 is 1.07 bits per heavy atom. The maximum Gasteiger partial charge on any atom is 0.274 e. The summed E-state index contributed by atoms with van der Waals surface area (Å²) in [5.74, 6) is -0.139. The first-order chi connectivity index (χ1) is 13.1. The summed E-state index contributed by atoms with van der Waals surface area (Å²) in [6.45, 7) is 2.28. The number of carbonyl (C=O) groups is 1. The highest BCUT2D eigenvalue weighted by Crippen LogP contribution is 2.28. The van der Waals surface area contributed by atoms with Gasteiger partial charge in [0.25, 0.3) is 11.5 Å². The molecule has 1 aliphatic carbocycles. The molecule has 5 heteroatoms. The van der Waals surface area contributed by atoms with Gasteiger partial charge in [-0.05, 0) is 38.0 Å². The van der Waals surface area contributed by atoms with Crippen LogP contribution in [0.5, 0.6) is 0 Å². The first kappa shape index (κ1) is 17.5. The molecule has 2 aromatic carbocycles. The first-order valence-electron chi connectivity index (χ1n) is 9.49. The van der Waals surface area contributed by atoms with E-state index in [1.807, 2.05) is 55.5 Å². The van der Waals surface area contributed by atoms with Crippen LogP contribution in [0.3, 0.4) is 0 Å². The Hall–Kier alpha value is -2.95. The summed E-state index contributed by atoms with van der Waals surface area (Å²) in [7, 11) is 0. The third-order valence-corrected chi connectivity index (χ3v) is 5.31. The van der Waals surface area contributed by atoms with E-state index in [-0.39, 0.29) is 17.5 Å². The fourth-order valence-corrected chi connectivity index (χ4v) is 3.77. The van der Waals surface area contributed by atoms with Crippen molar-refractivity contribution in [1.82, 2.24) is 15.1 Å². The molecule has 1 amide bonds. The van der Waals surface area contributed by atoms with E-state index < -0.39 is 0 Å². The van der Waals surface area contributed by atoms with E-state index in [9.17, 15) is 9.59 Å². The summed E-state index contributed by atoms with van der Waals surface area (Å²) in [5.41, 5.74) is 2.43. The lowest BCUT2D eigenvalue weighted by molar-refractivity contribution is 0.0950. The largest absolute Gasteiger partial charge is 0.346 e. The number of fused-ring (bicyclic) bond motifs is 1. The van der Waals surface area contributed by atoms with Gasteiger partial charge in [-0.1, -0.05) is 48.7 Å². The topological polar surface area (TPSA) is 64.0 Å². The van der Waals surface area contributed by atoms with Crippen molar-refractivity contribution in [2.24, 2.45) is 0 Å². The van der Waals surface area contributed by atoms with E-state index in [4.69, 9.17) is 0 Å². The monoisotopic (exact) mass is 361 g/mol. The standard InChI is InChI=1S/C22H23N3O2/c1-15-10-12-16(13-11-15)21(26)23-14-20-18-8-4-5-9-19(18)22(27)25(24-20)17-6-2-3-7-17/h4-5,8-13,17H,2-3,6-7,14H2,1H3,(H,23,26). The fourth-order valence-electron chi connectivity index (χ4n) is 3.77. The molecule has 0 bridgehead atoms. The fraction of sp³-hybridized carbons (Fsp3) is 0.318. The number of amides is 1. The van der Waals surface area contributed by atoms with Gasteiger partial charge in [-0.15, -0.1) is 0 Å². The Morgan fingerprint density at radius 2 is 1.74 bits per heavy atom. The quantitative estimate of drug-likeness (QED) is 0.770. The molecular weight excluding hydrogens is 338 g/mol. The van der Waals surface area contributed by atoms with E-state index in [2.05, 4.69) is 10.4 Å². The van der Waals surface area contributed by atoms with Gasteiger partial charge in [0.15, 0.2) is 0 Å². The minimum atomic E-state index is -0.139. The smallest absolute Gasteiger partial charge is 0.274 e. The lowest BCUT2D eigenvalue weighted by Gasteiger charge is -2.16. The summed E-state index contributed by atoms with van der Waals surface area (Å²) in [5, 5.41) is 9.07. The maximum absolute atomic E-state index is 12.9. The Bertz CT molecular complexity index is 1030. The maximum atomic E-state index is 12.9. The van der Waals surface area contributed by atoms with Gasteiger partial charge in [-0.25, -0.2) is 4.68 Å². The molecule has 0 atom stereocenters. The second-order valence-electron chi connectivity index (χ2n) is 7.23. The number of nitrogens with one attached hydrogen (secondary N) is 1. The van der Waals surface area contributed by atoms with Crippen LogP contribution in [0.25, 0.3) is 10.8 Å². The van der Waals surface area contributed by atoms with Crippen LogP contribution in [0.1, 0.15) is 53.3 Å². The van der Waals surface area contributed by atoms with Gasteiger partial charge < -0.3 is 5.32 Å². The van der Waals surface area contributed by atoms with Crippen LogP contribution in [0.15, 0.2) is 53.3 Å². The highest BCUT2D eigenvalue weighted by molar-refractivity contribution is 5.94. The van der Waals surface area contributed by atoms with E-state index in [1.165, 1.54) is 0 Å². The minimum Gasteiger partial charge on any atom is -0.346 e. The van der Waals surface area contributed by atoms with Gasteiger partial charge in [0, 0.05) is 10.9 Å². The molecule has 1 aliphatic rings. The van der Waals surface area contributed by atoms with Crippen molar-refractivity contribution >= 4 is 16.7 Å². The highest BCUT2D eigenvalue weighted by Gasteiger charge is 2.21. The van der Waals surface area contributed by atoms with Crippen LogP contribution in [0.4, 0.5) is 0 Å². The number of rotatable bonds is 4. The zero-order chi connectivity index (χ0) is 18.8. The number of hydrogen-bond donors (Lipinski definition) is 1. The Balaban J connectivity index is 1.66. The molecule has 0 radical (unpaired) electrons. The van der Waals surface area contributed by atoms with Gasteiger partial charge >= 0.3 is 0 Å². The number of hydrogen-bond acceptors (Lipinski definition) is 3. The Morgan fingerprint density at radius 3 is 2.44 bits per heavy atom. The molecule has 0 unspecified atom stereocenters. The third kappa shape index (κ3) is 3.50. The predicted octanol–water partition coefficient (Wildman–Crippen LogP) is 3.75. The SMILES string of the molecule is Cc1ccc(C(=O)NCc2nn(C3CCCC3)c(=O)c3ccccc23)cc1. The van der Waals surface area contributed by atoms with Crippen molar-refractivity contribution in [3.8, 4) is 0 Å². The molecule has 3 aromatic rings. The summed E-state index contributed by atoms with van der Waals surface area (Å²) in [4.78, 5) is 25.3. The van der Waals surface area contributed by atoms with Crippen LogP contribution >= 0.6 is 0 Å². The number of nitrogens with zero attached hydrogens (tertiary/aromatic N) is 2. The molecule has 5 nitrogen and oxygen atoms in total. The Labute approximate surface area is 158 Å². The van der Waals surface area contributed by atoms with E-state index in [0.717, 1.165) is 42.3 Å². The summed E-state index contributed by atoms with van der Waals surface area (Å²) in [6.07, 6.45) is 4.23. The molecule has 0 spiro atoms. The molecule has 1 N–H and O–H groups in total. The van der Waals surface area contributed by atoms with Gasteiger partial charge in [-0.2, -0.15) is 5.10 Å². The average Bonchev–Trinajstić information content (AvgIpc) is 3.22. The van der Waals surface area contributed by atoms with Crippen molar-refractivity contribution in [2.45, 2.75) is 45.2 Å². The number of benzene rings is 2. The molecule has 27 heavy (non-hydrogen) atoms. The van der Waals surface area contributed by atoms with Crippen LogP contribution in [-0.2, 0) is 6.54 Å². The van der Waals surface area contributed by atoms with E-state index in [0.29, 0.717) is 17.5 Å². The average molecular weight is 361 g/mol. The molecule has 1 fully saturated rings. The normalized spacial score (nSPS) is 14.6. The second kappa shape index (κ2) is 7.35. The number of carbonyl (C=O) groups excluding carboxylic acids is 1. The van der Waals surface area contributed by atoms with Crippen LogP contribution < -0.4 is 10.9 Å². The van der Waals surface area contributed by atoms with Crippen LogP contribution in [0, 0.1) is 6.92 Å². The van der Waals surface area contributed by atoms with Gasteiger partial charge in [-0.3, -0.25) is 9.59 Å². The summed E-state index contributed by atoms with van der Waals surface area (Å²) in [6, 6.07) is 15.1. The van der Waals surface area contributed by atoms with E-state index >= 15 is 0 Å². The molecule has 0 aliphatic heterocycles. The first-order valence-corrected chi connectivity index (χ1v) is 9.49. The minimum absolute atomic E-state index is 0.0360. The molecule has 4 rings (SSSR count). The zero-order valence-corrected chi connectivity index (χ0v) is 15.4. The third-order valence-electron chi connectivity index (χ3n) is 5.31.